The van der Waals surface area contributed by atoms with Crippen LogP contribution in [-0.4, -0.2) is 63.9 Å². The molecule has 4 N–H and O–H groups in total. The van der Waals surface area contributed by atoms with Crippen molar-refractivity contribution in [3.05, 3.63) is 29.8 Å². The van der Waals surface area contributed by atoms with E-state index in [1.165, 1.54) is 18.4 Å². The molecular weight excluding hydrogens is 320 g/mol. The number of hydrogen-bond acceptors (Lipinski definition) is 6. The maximum Gasteiger partial charge on any atom is 0.119 e. The van der Waals surface area contributed by atoms with E-state index in [1.54, 1.807) is 0 Å². The molecule has 142 valence electrons. The van der Waals surface area contributed by atoms with Gasteiger partial charge in [-0.25, -0.2) is 0 Å². The first-order valence-electron chi connectivity index (χ1n) is 9.24. The third-order valence-electron chi connectivity index (χ3n) is 4.02. The third-order valence-corrected chi connectivity index (χ3v) is 4.02. The molecule has 0 aliphatic heterocycles. The van der Waals surface area contributed by atoms with E-state index in [9.17, 15) is 5.11 Å². The maximum atomic E-state index is 9.78. The van der Waals surface area contributed by atoms with Crippen LogP contribution in [0.15, 0.2) is 24.3 Å². The average molecular weight is 352 g/mol. The van der Waals surface area contributed by atoms with Gasteiger partial charge < -0.3 is 30.4 Å². The third kappa shape index (κ3) is 9.77. The summed E-state index contributed by atoms with van der Waals surface area (Å²) in [6.07, 6.45) is 2.98. The zero-order valence-corrected chi connectivity index (χ0v) is 15.0. The van der Waals surface area contributed by atoms with E-state index in [1.807, 2.05) is 24.3 Å². The zero-order chi connectivity index (χ0) is 17.7. The first-order chi connectivity index (χ1) is 12.3. The van der Waals surface area contributed by atoms with Crippen LogP contribution in [0.3, 0.4) is 0 Å². The molecule has 0 radical (unpaired) electrons. The van der Waals surface area contributed by atoms with Crippen LogP contribution in [0.4, 0.5) is 0 Å². The summed E-state index contributed by atoms with van der Waals surface area (Å²) in [5, 5.41) is 12.8. The average Bonchev–Trinajstić information content (AvgIpc) is 3.45. The lowest BCUT2D eigenvalue weighted by molar-refractivity contribution is 0.0448. The van der Waals surface area contributed by atoms with Crippen LogP contribution in [0.2, 0.25) is 0 Å². The summed E-state index contributed by atoms with van der Waals surface area (Å²) >= 11 is 0. The summed E-state index contributed by atoms with van der Waals surface area (Å²) in [4.78, 5) is 0. The minimum Gasteiger partial charge on any atom is -0.491 e. The van der Waals surface area contributed by atoms with E-state index in [-0.39, 0.29) is 6.61 Å². The van der Waals surface area contributed by atoms with Gasteiger partial charge >= 0.3 is 0 Å². The van der Waals surface area contributed by atoms with Crippen LogP contribution >= 0.6 is 0 Å². The Balaban J connectivity index is 1.50. The minimum atomic E-state index is -0.540. The fourth-order valence-corrected chi connectivity index (χ4v) is 2.32. The molecule has 1 aromatic rings. The monoisotopic (exact) mass is 352 g/mol. The van der Waals surface area contributed by atoms with Crippen LogP contribution in [0.5, 0.6) is 5.75 Å². The van der Waals surface area contributed by atoms with Gasteiger partial charge in [0.2, 0.25) is 0 Å². The van der Waals surface area contributed by atoms with E-state index in [0.29, 0.717) is 39.5 Å². The fraction of sp³-hybridized carbons (Fsp3) is 0.684. The van der Waals surface area contributed by atoms with Crippen molar-refractivity contribution in [1.29, 1.82) is 0 Å². The Morgan fingerprint density at radius 2 is 1.88 bits per heavy atom. The summed E-state index contributed by atoms with van der Waals surface area (Å²) in [5.74, 6) is 1.57. The van der Waals surface area contributed by atoms with Crippen LogP contribution < -0.4 is 15.8 Å². The van der Waals surface area contributed by atoms with Gasteiger partial charge in [0.1, 0.15) is 18.5 Å². The molecule has 6 nitrogen and oxygen atoms in total. The largest absolute Gasteiger partial charge is 0.491 e. The smallest absolute Gasteiger partial charge is 0.119 e. The quantitative estimate of drug-likeness (QED) is 0.408. The second-order valence-corrected chi connectivity index (χ2v) is 6.48. The summed E-state index contributed by atoms with van der Waals surface area (Å²) < 4.78 is 16.7. The van der Waals surface area contributed by atoms with E-state index in [4.69, 9.17) is 19.9 Å². The zero-order valence-electron chi connectivity index (χ0n) is 15.0. The van der Waals surface area contributed by atoms with Gasteiger partial charge in [0, 0.05) is 26.2 Å². The predicted octanol–water partition coefficient (Wildman–Crippen LogP) is 0.960. The van der Waals surface area contributed by atoms with Gasteiger partial charge in [0.05, 0.1) is 19.8 Å². The Labute approximate surface area is 150 Å². The highest BCUT2D eigenvalue weighted by Gasteiger charge is 2.20. The van der Waals surface area contributed by atoms with Crippen LogP contribution in [0.1, 0.15) is 18.4 Å². The Hall–Kier alpha value is -1.18. The van der Waals surface area contributed by atoms with Gasteiger partial charge in [-0.1, -0.05) is 12.1 Å². The fourth-order valence-electron chi connectivity index (χ4n) is 2.32. The van der Waals surface area contributed by atoms with E-state index < -0.39 is 6.10 Å². The molecule has 1 atom stereocenters. The lowest BCUT2D eigenvalue weighted by Gasteiger charge is -2.13. The molecule has 0 saturated heterocycles. The second-order valence-electron chi connectivity index (χ2n) is 6.48. The molecule has 6 heteroatoms. The van der Waals surface area contributed by atoms with Gasteiger partial charge in [0.25, 0.3) is 0 Å². The molecule has 0 bridgehead atoms. The lowest BCUT2D eigenvalue weighted by Crippen LogP contribution is -2.34. The highest BCUT2D eigenvalue weighted by Crippen LogP contribution is 2.28. The van der Waals surface area contributed by atoms with Crippen molar-refractivity contribution >= 4 is 0 Å². The maximum absolute atomic E-state index is 9.78. The van der Waals surface area contributed by atoms with Gasteiger partial charge in [-0.05, 0) is 42.9 Å². The number of hydrogen-bond donors (Lipinski definition) is 3. The normalized spacial score (nSPS) is 15.3. The van der Waals surface area contributed by atoms with Crippen LogP contribution in [0.25, 0.3) is 0 Å². The van der Waals surface area contributed by atoms with E-state index >= 15 is 0 Å². The standard InChI is InChI=1S/C19H32N2O4/c20-8-9-21-13-18(22)15-25-19-5-3-16(4-6-19)7-10-23-11-12-24-14-17-1-2-17/h3-6,17-18,21-22H,1-2,7-15,20H2. The van der Waals surface area contributed by atoms with Crippen molar-refractivity contribution in [2.45, 2.75) is 25.4 Å². The molecule has 0 spiro atoms. The summed E-state index contributed by atoms with van der Waals surface area (Å²) in [6.45, 7) is 4.93. The molecule has 25 heavy (non-hydrogen) atoms. The predicted molar refractivity (Wildman–Crippen MR) is 97.9 cm³/mol. The van der Waals surface area contributed by atoms with Crippen LogP contribution in [0, 0.1) is 5.92 Å². The van der Waals surface area contributed by atoms with Gasteiger partial charge in [-0.15, -0.1) is 0 Å². The summed E-state index contributed by atoms with van der Waals surface area (Å²) in [5.41, 5.74) is 6.59. The Morgan fingerprint density at radius 3 is 2.60 bits per heavy atom. The SMILES string of the molecule is NCCNCC(O)COc1ccc(CCOCCOCC2CC2)cc1. The molecule has 0 aromatic heterocycles. The lowest BCUT2D eigenvalue weighted by atomic mass is 10.1. The first-order valence-corrected chi connectivity index (χ1v) is 9.24. The Bertz CT molecular complexity index is 451. The molecule has 0 amide bonds. The molecule has 1 fully saturated rings. The molecular formula is C19H32N2O4. The summed E-state index contributed by atoms with van der Waals surface area (Å²) in [6, 6.07) is 7.91. The van der Waals surface area contributed by atoms with Crippen molar-refractivity contribution in [1.82, 2.24) is 5.32 Å². The Kier molecular flexibility index (Phi) is 9.84. The number of nitrogens with one attached hydrogen (secondary N) is 1. The Morgan fingerprint density at radius 1 is 1.12 bits per heavy atom. The molecule has 1 aliphatic carbocycles. The number of benzene rings is 1. The molecule has 2 rings (SSSR count). The topological polar surface area (TPSA) is 86.0 Å². The first kappa shape index (κ1) is 20.1. The highest BCUT2D eigenvalue weighted by atomic mass is 16.5. The molecule has 1 aromatic carbocycles. The van der Waals surface area contributed by atoms with Crippen molar-refractivity contribution in [3.63, 3.8) is 0 Å². The molecule has 1 saturated carbocycles. The van der Waals surface area contributed by atoms with E-state index in [0.717, 1.165) is 24.7 Å². The van der Waals surface area contributed by atoms with Gasteiger partial charge in [0.15, 0.2) is 0 Å². The van der Waals surface area contributed by atoms with Crippen molar-refractivity contribution in [2.24, 2.45) is 11.7 Å². The minimum absolute atomic E-state index is 0.265. The van der Waals surface area contributed by atoms with Gasteiger partial charge in [-0.3, -0.25) is 0 Å². The second kappa shape index (κ2) is 12.2. The van der Waals surface area contributed by atoms with E-state index in [2.05, 4.69) is 5.32 Å². The van der Waals surface area contributed by atoms with Crippen LogP contribution in [-0.2, 0) is 15.9 Å². The molecule has 1 aliphatic rings. The number of aliphatic hydroxyl groups is 1. The van der Waals surface area contributed by atoms with Crippen molar-refractivity contribution in [2.75, 3.05) is 52.7 Å². The summed E-state index contributed by atoms with van der Waals surface area (Å²) in [7, 11) is 0. The number of aliphatic hydroxyl groups excluding tert-OH is 1. The highest BCUT2D eigenvalue weighted by molar-refractivity contribution is 5.27. The van der Waals surface area contributed by atoms with Gasteiger partial charge in [-0.2, -0.15) is 0 Å². The number of nitrogens with two attached hydrogens (primary N) is 1. The number of rotatable bonds is 15. The molecule has 0 heterocycles. The number of ether oxygens (including phenoxy) is 3. The van der Waals surface area contributed by atoms with Crippen molar-refractivity contribution < 1.29 is 19.3 Å². The van der Waals surface area contributed by atoms with Crippen molar-refractivity contribution in [3.8, 4) is 5.75 Å². The molecule has 1 unspecified atom stereocenters.